The van der Waals surface area contributed by atoms with E-state index in [1.807, 2.05) is 6.07 Å². The minimum absolute atomic E-state index is 0.0366. The van der Waals surface area contributed by atoms with Crippen molar-refractivity contribution in [1.82, 2.24) is 5.43 Å². The summed E-state index contributed by atoms with van der Waals surface area (Å²) in [6.45, 7) is 0. The third-order valence-corrected chi connectivity index (χ3v) is 3.63. The summed E-state index contributed by atoms with van der Waals surface area (Å²) in [6.07, 6.45) is 1.51. The Hall–Kier alpha value is -2.79. The van der Waals surface area contributed by atoms with Crippen LogP contribution in [0.5, 0.6) is 5.75 Å². The largest absolute Gasteiger partial charge is 0.496 e. The van der Waals surface area contributed by atoms with Gasteiger partial charge in [-0.2, -0.15) is 0 Å². The highest BCUT2D eigenvalue weighted by molar-refractivity contribution is 6.33. The van der Waals surface area contributed by atoms with Crippen LogP contribution in [0.4, 0.5) is 5.69 Å². The third kappa shape index (κ3) is 2.91. The first kappa shape index (κ1) is 15.1. The number of amides is 2. The number of para-hydroxylation sites is 1. The van der Waals surface area contributed by atoms with E-state index >= 15 is 0 Å². The molecule has 5 nitrogen and oxygen atoms in total. The molecule has 0 saturated carbocycles. The van der Waals surface area contributed by atoms with Gasteiger partial charge in [-0.15, -0.1) is 0 Å². The molecular weight excluding hydrogens is 316 g/mol. The molecule has 1 N–H and O–H groups in total. The van der Waals surface area contributed by atoms with Crippen LogP contribution in [0.25, 0.3) is 6.08 Å². The molecule has 0 atom stereocenters. The van der Waals surface area contributed by atoms with Gasteiger partial charge >= 0.3 is 0 Å². The first-order chi connectivity index (χ1) is 11.1. The summed E-state index contributed by atoms with van der Waals surface area (Å²) < 4.78 is 5.23. The van der Waals surface area contributed by atoms with Gasteiger partial charge in [-0.1, -0.05) is 35.9 Å². The number of carbonyl (C=O) groups is 2. The smallest absolute Gasteiger partial charge is 0.282 e. The number of hydrazine groups is 1. The van der Waals surface area contributed by atoms with Crippen molar-refractivity contribution in [1.29, 1.82) is 0 Å². The van der Waals surface area contributed by atoms with Crippen LogP contribution in [0, 0.1) is 0 Å². The number of hydrogen-bond donors (Lipinski definition) is 1. The molecule has 3 rings (SSSR count). The quantitative estimate of drug-likeness (QED) is 0.696. The highest BCUT2D eigenvalue weighted by Gasteiger charge is 2.34. The van der Waals surface area contributed by atoms with E-state index in [0.29, 0.717) is 22.0 Å². The summed E-state index contributed by atoms with van der Waals surface area (Å²) in [5.41, 5.74) is 3.72. The monoisotopic (exact) mass is 328 g/mol. The number of ether oxygens (including phenoxy) is 1. The maximum atomic E-state index is 12.5. The van der Waals surface area contributed by atoms with Gasteiger partial charge in [-0.05, 0) is 30.3 Å². The van der Waals surface area contributed by atoms with Crippen molar-refractivity contribution in [3.63, 3.8) is 0 Å². The predicted octanol–water partition coefficient (Wildman–Crippen LogP) is 2.81. The molecule has 0 bridgehead atoms. The Morgan fingerprint density at radius 1 is 1.13 bits per heavy atom. The van der Waals surface area contributed by atoms with E-state index in [4.69, 9.17) is 16.3 Å². The van der Waals surface area contributed by atoms with Gasteiger partial charge in [0.2, 0.25) is 0 Å². The predicted molar refractivity (Wildman–Crippen MR) is 88.1 cm³/mol. The topological polar surface area (TPSA) is 58.6 Å². The second kappa shape index (κ2) is 6.14. The van der Waals surface area contributed by atoms with E-state index in [-0.39, 0.29) is 5.57 Å². The van der Waals surface area contributed by atoms with Crippen LogP contribution in [0.1, 0.15) is 5.56 Å². The van der Waals surface area contributed by atoms with Gasteiger partial charge in [-0.3, -0.25) is 15.0 Å². The van der Waals surface area contributed by atoms with Gasteiger partial charge in [-0.25, -0.2) is 5.01 Å². The molecule has 6 heteroatoms. The van der Waals surface area contributed by atoms with Crippen molar-refractivity contribution in [2.24, 2.45) is 0 Å². The molecule has 116 valence electrons. The Morgan fingerprint density at radius 2 is 1.91 bits per heavy atom. The lowest BCUT2D eigenvalue weighted by Gasteiger charge is -2.14. The highest BCUT2D eigenvalue weighted by atomic mass is 35.5. The zero-order chi connectivity index (χ0) is 16.4. The fourth-order valence-electron chi connectivity index (χ4n) is 2.30. The minimum atomic E-state index is -0.471. The lowest BCUT2D eigenvalue weighted by Crippen LogP contribution is -2.35. The van der Waals surface area contributed by atoms with E-state index in [9.17, 15) is 9.59 Å². The second-order valence-electron chi connectivity index (χ2n) is 4.86. The van der Waals surface area contributed by atoms with Crippen molar-refractivity contribution in [3.8, 4) is 5.75 Å². The van der Waals surface area contributed by atoms with E-state index in [0.717, 1.165) is 0 Å². The Balaban J connectivity index is 1.97. The van der Waals surface area contributed by atoms with Crippen LogP contribution in [-0.2, 0) is 9.59 Å². The maximum absolute atomic E-state index is 12.5. The summed E-state index contributed by atoms with van der Waals surface area (Å²) >= 11 is 5.93. The van der Waals surface area contributed by atoms with Gasteiger partial charge in [0.1, 0.15) is 11.3 Å². The third-order valence-electron chi connectivity index (χ3n) is 3.40. The number of methoxy groups -OCH3 is 1. The van der Waals surface area contributed by atoms with Crippen molar-refractivity contribution >= 4 is 35.2 Å². The zero-order valence-electron chi connectivity index (χ0n) is 12.2. The molecule has 2 amide bonds. The van der Waals surface area contributed by atoms with Crippen LogP contribution in [-0.4, -0.2) is 18.9 Å². The SMILES string of the molecule is COc1ccccc1C=C1C(=O)NN(c2cccc(Cl)c2)C1=O. The fourth-order valence-corrected chi connectivity index (χ4v) is 2.48. The van der Waals surface area contributed by atoms with E-state index in [1.54, 1.807) is 42.5 Å². The van der Waals surface area contributed by atoms with Crippen molar-refractivity contribution in [2.75, 3.05) is 12.1 Å². The second-order valence-corrected chi connectivity index (χ2v) is 5.30. The van der Waals surface area contributed by atoms with Gasteiger partial charge in [0, 0.05) is 10.6 Å². The minimum Gasteiger partial charge on any atom is -0.496 e. The summed E-state index contributed by atoms with van der Waals surface area (Å²) in [7, 11) is 1.53. The Labute approximate surface area is 138 Å². The summed E-state index contributed by atoms with van der Waals surface area (Å²) in [5, 5.41) is 1.65. The molecule has 0 spiro atoms. The Bertz CT molecular complexity index is 817. The summed E-state index contributed by atoms with van der Waals surface area (Å²) in [4.78, 5) is 24.7. The van der Waals surface area contributed by atoms with Crippen LogP contribution in [0.3, 0.4) is 0 Å². The number of halogens is 1. The number of anilines is 1. The molecule has 1 saturated heterocycles. The van der Waals surface area contributed by atoms with Gasteiger partial charge < -0.3 is 4.74 Å². The van der Waals surface area contributed by atoms with Crippen LogP contribution >= 0.6 is 11.6 Å². The maximum Gasteiger partial charge on any atom is 0.282 e. The summed E-state index contributed by atoms with van der Waals surface area (Å²) in [6, 6.07) is 13.9. The van der Waals surface area contributed by atoms with E-state index in [1.165, 1.54) is 18.2 Å². The Kier molecular flexibility index (Phi) is 4.04. The standard InChI is InChI=1S/C17H13ClN2O3/c1-23-15-8-3-2-5-11(15)9-14-16(21)19-20(17(14)22)13-7-4-6-12(18)10-13/h2-10H,1H3,(H,19,21). The van der Waals surface area contributed by atoms with Crippen molar-refractivity contribution in [2.45, 2.75) is 0 Å². The highest BCUT2D eigenvalue weighted by Crippen LogP contribution is 2.26. The fraction of sp³-hybridized carbons (Fsp3) is 0.0588. The molecule has 1 aliphatic rings. The molecule has 1 heterocycles. The number of carbonyl (C=O) groups excluding carboxylic acids is 2. The lowest BCUT2D eigenvalue weighted by atomic mass is 10.1. The molecule has 23 heavy (non-hydrogen) atoms. The number of rotatable bonds is 3. The molecule has 2 aromatic rings. The number of benzene rings is 2. The zero-order valence-corrected chi connectivity index (χ0v) is 13.0. The van der Waals surface area contributed by atoms with Gasteiger partial charge in [0.05, 0.1) is 12.8 Å². The number of nitrogens with zero attached hydrogens (tertiary/aromatic N) is 1. The van der Waals surface area contributed by atoms with Gasteiger partial charge in [0.25, 0.3) is 11.8 Å². The molecular formula is C17H13ClN2O3. The molecule has 0 aliphatic carbocycles. The first-order valence-electron chi connectivity index (χ1n) is 6.86. The molecule has 0 unspecified atom stereocenters. The molecule has 0 radical (unpaired) electrons. The van der Waals surface area contributed by atoms with E-state index in [2.05, 4.69) is 5.43 Å². The van der Waals surface area contributed by atoms with Gasteiger partial charge in [0.15, 0.2) is 0 Å². The molecule has 1 fully saturated rings. The molecule has 1 aliphatic heterocycles. The number of hydrogen-bond acceptors (Lipinski definition) is 3. The van der Waals surface area contributed by atoms with Crippen LogP contribution in [0.2, 0.25) is 5.02 Å². The lowest BCUT2D eigenvalue weighted by molar-refractivity contribution is -0.117. The average molecular weight is 329 g/mol. The normalized spacial score (nSPS) is 15.9. The number of nitrogens with one attached hydrogen (secondary N) is 1. The Morgan fingerprint density at radius 3 is 2.65 bits per heavy atom. The average Bonchev–Trinajstić information content (AvgIpc) is 2.83. The van der Waals surface area contributed by atoms with Crippen molar-refractivity contribution < 1.29 is 14.3 Å². The van der Waals surface area contributed by atoms with Crippen molar-refractivity contribution in [3.05, 3.63) is 64.7 Å². The first-order valence-corrected chi connectivity index (χ1v) is 7.23. The van der Waals surface area contributed by atoms with E-state index < -0.39 is 11.8 Å². The molecule has 2 aromatic carbocycles. The van der Waals surface area contributed by atoms with Crippen LogP contribution < -0.4 is 15.2 Å². The summed E-state index contributed by atoms with van der Waals surface area (Å²) in [5.74, 6) is -0.328. The molecule has 0 aromatic heterocycles. The van der Waals surface area contributed by atoms with Crippen LogP contribution in [0.15, 0.2) is 54.1 Å².